The topological polar surface area (TPSA) is 101 Å². The second-order valence-corrected chi connectivity index (χ2v) is 8.25. The highest BCUT2D eigenvalue weighted by molar-refractivity contribution is 7.89. The van der Waals surface area contributed by atoms with E-state index in [-0.39, 0.29) is 42.7 Å². The van der Waals surface area contributed by atoms with E-state index in [0.717, 1.165) is 9.21 Å². The van der Waals surface area contributed by atoms with Gasteiger partial charge in [-0.2, -0.15) is 4.31 Å². The number of hydrogen-bond acceptors (Lipinski definition) is 6. The van der Waals surface area contributed by atoms with E-state index in [0.29, 0.717) is 5.69 Å². The number of esters is 1. The van der Waals surface area contributed by atoms with Crippen molar-refractivity contribution in [1.29, 1.82) is 0 Å². The Kier molecular flexibility index (Phi) is 4.16. The number of sulfonamides is 1. The average Bonchev–Trinajstić information content (AvgIpc) is 2.89. The maximum atomic E-state index is 12.9. The third-order valence-electron chi connectivity index (χ3n) is 4.39. The van der Waals surface area contributed by atoms with Crippen LogP contribution < -0.4 is 4.90 Å². The number of nitrogens with zero attached hydrogens (tertiary/aromatic N) is 2. The summed E-state index contributed by atoms with van der Waals surface area (Å²) in [6.45, 7) is 3.03. The number of rotatable bonds is 3. The summed E-state index contributed by atoms with van der Waals surface area (Å²) in [5.74, 6) is -1.21. The molecule has 2 fully saturated rings. The summed E-state index contributed by atoms with van der Waals surface area (Å²) in [6, 6.07) is 5.51. The van der Waals surface area contributed by atoms with Crippen molar-refractivity contribution in [3.63, 3.8) is 0 Å². The van der Waals surface area contributed by atoms with Crippen molar-refractivity contribution in [3.05, 3.63) is 24.3 Å². The third-order valence-corrected chi connectivity index (χ3v) is 6.47. The normalized spacial score (nSPS) is 21.5. The first kappa shape index (κ1) is 17.6. The van der Waals surface area contributed by atoms with Gasteiger partial charge in [-0.3, -0.25) is 19.3 Å². The first-order valence-corrected chi connectivity index (χ1v) is 9.25. The first-order valence-electron chi connectivity index (χ1n) is 7.81. The number of carbonyl (C=O) groups excluding carboxylic acids is 3. The largest absolute Gasteiger partial charge is 0.463 e. The van der Waals surface area contributed by atoms with Crippen molar-refractivity contribution in [3.8, 4) is 0 Å². The van der Waals surface area contributed by atoms with E-state index in [1.165, 1.54) is 38.1 Å². The Labute approximate surface area is 145 Å². The fourth-order valence-electron chi connectivity index (χ4n) is 2.96. The van der Waals surface area contributed by atoms with Gasteiger partial charge in [0.1, 0.15) is 12.1 Å². The number of amides is 2. The summed E-state index contributed by atoms with van der Waals surface area (Å²) in [5.41, 5.74) is -0.972. The fraction of sp³-hybridized carbons (Fsp3) is 0.438. The third kappa shape index (κ3) is 2.83. The number of anilines is 1. The maximum absolute atomic E-state index is 12.9. The minimum Gasteiger partial charge on any atom is -0.463 e. The van der Waals surface area contributed by atoms with Crippen molar-refractivity contribution in [2.75, 3.05) is 18.1 Å². The van der Waals surface area contributed by atoms with Gasteiger partial charge in [0, 0.05) is 19.4 Å². The standard InChI is InChI=1S/C16H18N2O6S/c1-16(2)15(21)24-10-9-17(16)25(22,23)12-5-3-11(4-6-12)18-13(19)7-8-14(18)20/h3-6H,7-10H2,1-2H3. The van der Waals surface area contributed by atoms with Crippen LogP contribution in [0.3, 0.4) is 0 Å². The molecule has 0 aliphatic carbocycles. The Morgan fingerprint density at radius 2 is 1.56 bits per heavy atom. The molecule has 0 radical (unpaired) electrons. The molecule has 8 nitrogen and oxygen atoms in total. The van der Waals surface area contributed by atoms with Crippen LogP contribution in [-0.4, -0.2) is 49.2 Å². The Balaban J connectivity index is 1.92. The average molecular weight is 366 g/mol. The molecule has 0 N–H and O–H groups in total. The minimum absolute atomic E-state index is 0.00361. The molecular formula is C16H18N2O6S. The lowest BCUT2D eigenvalue weighted by molar-refractivity contribution is -0.160. The van der Waals surface area contributed by atoms with E-state index in [2.05, 4.69) is 0 Å². The van der Waals surface area contributed by atoms with E-state index in [1.54, 1.807) is 0 Å². The molecule has 0 saturated carbocycles. The van der Waals surface area contributed by atoms with E-state index < -0.39 is 21.5 Å². The van der Waals surface area contributed by atoms with Gasteiger partial charge in [0.15, 0.2) is 0 Å². The molecule has 0 bridgehead atoms. The number of imide groups is 1. The molecule has 0 unspecified atom stereocenters. The molecule has 2 saturated heterocycles. The molecule has 3 rings (SSSR count). The van der Waals surface area contributed by atoms with E-state index in [4.69, 9.17) is 4.74 Å². The molecule has 9 heteroatoms. The molecule has 0 spiro atoms. The van der Waals surface area contributed by atoms with Crippen molar-refractivity contribution < 1.29 is 27.5 Å². The van der Waals surface area contributed by atoms with Gasteiger partial charge in [-0.1, -0.05) is 0 Å². The molecule has 0 atom stereocenters. The minimum atomic E-state index is -3.93. The number of hydrogen-bond donors (Lipinski definition) is 0. The van der Waals surface area contributed by atoms with Gasteiger partial charge in [-0.15, -0.1) is 0 Å². The smallest absolute Gasteiger partial charge is 0.327 e. The lowest BCUT2D eigenvalue weighted by Crippen LogP contribution is -2.58. The van der Waals surface area contributed by atoms with Gasteiger partial charge >= 0.3 is 5.97 Å². The number of morpholine rings is 1. The molecule has 0 aromatic heterocycles. The zero-order valence-corrected chi connectivity index (χ0v) is 14.7. The molecule has 25 heavy (non-hydrogen) atoms. The molecule has 134 valence electrons. The number of cyclic esters (lactones) is 1. The predicted molar refractivity (Wildman–Crippen MR) is 87.1 cm³/mol. The Bertz CT molecular complexity index is 828. The van der Waals surface area contributed by atoms with Gasteiger partial charge in [0.25, 0.3) is 0 Å². The van der Waals surface area contributed by atoms with Gasteiger partial charge in [-0.25, -0.2) is 8.42 Å². The molecule has 1 aromatic carbocycles. The van der Waals surface area contributed by atoms with Crippen molar-refractivity contribution in [2.45, 2.75) is 37.1 Å². The molecule has 2 aliphatic heterocycles. The van der Waals surface area contributed by atoms with Gasteiger partial charge in [0.2, 0.25) is 21.8 Å². The van der Waals surface area contributed by atoms with Crippen LogP contribution in [0.15, 0.2) is 29.2 Å². The van der Waals surface area contributed by atoms with Crippen LogP contribution in [0.2, 0.25) is 0 Å². The number of benzene rings is 1. The Morgan fingerprint density at radius 3 is 2.12 bits per heavy atom. The van der Waals surface area contributed by atoms with Crippen LogP contribution >= 0.6 is 0 Å². The summed E-state index contributed by atoms with van der Waals surface area (Å²) in [4.78, 5) is 36.5. The summed E-state index contributed by atoms with van der Waals surface area (Å²) in [7, 11) is -3.93. The summed E-state index contributed by atoms with van der Waals surface area (Å²) in [6.07, 6.45) is 0.311. The van der Waals surface area contributed by atoms with Crippen molar-refractivity contribution in [2.24, 2.45) is 0 Å². The van der Waals surface area contributed by atoms with E-state index >= 15 is 0 Å². The SMILES string of the molecule is CC1(C)C(=O)OCCN1S(=O)(=O)c1ccc(N2C(=O)CCC2=O)cc1. The van der Waals surface area contributed by atoms with Crippen LogP contribution in [0, 0.1) is 0 Å². The van der Waals surface area contributed by atoms with E-state index in [9.17, 15) is 22.8 Å². The Hall–Kier alpha value is -2.26. The summed E-state index contributed by atoms with van der Waals surface area (Å²) < 4.78 is 31.8. The molecule has 2 heterocycles. The number of carbonyl (C=O) groups is 3. The second kappa shape index (κ2) is 5.92. The highest BCUT2D eigenvalue weighted by Gasteiger charge is 2.46. The van der Waals surface area contributed by atoms with Crippen LogP contribution in [0.5, 0.6) is 0 Å². The van der Waals surface area contributed by atoms with E-state index in [1.807, 2.05) is 0 Å². The monoisotopic (exact) mass is 366 g/mol. The zero-order chi connectivity index (χ0) is 18.4. The van der Waals surface area contributed by atoms with Crippen molar-refractivity contribution in [1.82, 2.24) is 4.31 Å². The summed E-state index contributed by atoms with van der Waals surface area (Å²) in [5, 5.41) is 0. The van der Waals surface area contributed by atoms with Gasteiger partial charge < -0.3 is 4.74 Å². The second-order valence-electron chi connectivity index (χ2n) is 6.39. The summed E-state index contributed by atoms with van der Waals surface area (Å²) >= 11 is 0. The zero-order valence-electron chi connectivity index (χ0n) is 13.9. The molecule has 1 aromatic rings. The highest BCUT2D eigenvalue weighted by Crippen LogP contribution is 2.30. The quantitative estimate of drug-likeness (QED) is 0.576. The predicted octanol–water partition coefficient (Wildman–Crippen LogP) is 0.666. The molecular weight excluding hydrogens is 348 g/mol. The van der Waals surface area contributed by atoms with Crippen LogP contribution in [0.1, 0.15) is 26.7 Å². The maximum Gasteiger partial charge on any atom is 0.327 e. The first-order chi connectivity index (χ1) is 11.7. The van der Waals surface area contributed by atoms with Gasteiger partial charge in [0.05, 0.1) is 10.6 Å². The lowest BCUT2D eigenvalue weighted by atomic mass is 10.1. The highest BCUT2D eigenvalue weighted by atomic mass is 32.2. The number of ether oxygens (including phenoxy) is 1. The van der Waals surface area contributed by atoms with Crippen LogP contribution in [0.25, 0.3) is 0 Å². The Morgan fingerprint density at radius 1 is 1.00 bits per heavy atom. The molecule has 2 amide bonds. The van der Waals surface area contributed by atoms with Crippen LogP contribution in [-0.2, 0) is 29.1 Å². The molecule has 2 aliphatic rings. The fourth-order valence-corrected chi connectivity index (χ4v) is 4.68. The lowest BCUT2D eigenvalue weighted by Gasteiger charge is -2.38. The van der Waals surface area contributed by atoms with Crippen molar-refractivity contribution >= 4 is 33.5 Å². The van der Waals surface area contributed by atoms with Gasteiger partial charge in [-0.05, 0) is 38.1 Å². The van der Waals surface area contributed by atoms with Crippen LogP contribution in [0.4, 0.5) is 5.69 Å².